The molecule has 1 aromatic heterocycles. The van der Waals surface area contributed by atoms with Crippen molar-refractivity contribution in [2.45, 2.75) is 45.9 Å². The normalized spacial score (nSPS) is 13.5. The molecule has 0 aromatic carbocycles. The van der Waals surface area contributed by atoms with Crippen LogP contribution < -0.4 is 0 Å². The summed E-state index contributed by atoms with van der Waals surface area (Å²) in [5.41, 5.74) is 2.06. The zero-order valence-electron chi connectivity index (χ0n) is 9.90. The molecule has 15 heavy (non-hydrogen) atoms. The maximum absolute atomic E-state index is 9.34. The predicted octanol–water partition coefficient (Wildman–Crippen LogP) is 1.53. The molecule has 4 heteroatoms. The third kappa shape index (κ3) is 3.32. The molecule has 1 atom stereocenters. The van der Waals surface area contributed by atoms with Gasteiger partial charge in [-0.1, -0.05) is 13.8 Å². The Morgan fingerprint density at radius 2 is 2.13 bits per heavy atom. The van der Waals surface area contributed by atoms with Gasteiger partial charge in [0, 0.05) is 7.11 Å². The molecule has 0 fully saturated rings. The van der Waals surface area contributed by atoms with Gasteiger partial charge >= 0.3 is 0 Å². The van der Waals surface area contributed by atoms with E-state index in [9.17, 15) is 5.11 Å². The lowest BCUT2D eigenvalue weighted by Gasteiger charge is -2.08. The number of nitrogens with zero attached hydrogens (tertiary/aromatic N) is 2. The number of hydrogen-bond acceptors (Lipinski definition) is 3. The maximum Gasteiger partial charge on any atom is 0.0881 e. The predicted molar refractivity (Wildman–Crippen MR) is 58.7 cm³/mol. The van der Waals surface area contributed by atoms with Crippen LogP contribution in [0.5, 0.6) is 0 Å². The van der Waals surface area contributed by atoms with E-state index in [1.807, 2.05) is 10.7 Å². The van der Waals surface area contributed by atoms with Crippen molar-refractivity contribution in [3.63, 3.8) is 0 Å². The lowest BCUT2D eigenvalue weighted by atomic mass is 10.1. The van der Waals surface area contributed by atoms with E-state index >= 15 is 0 Å². The van der Waals surface area contributed by atoms with Gasteiger partial charge in [-0.05, 0) is 18.9 Å². The molecule has 0 radical (unpaired) electrons. The summed E-state index contributed by atoms with van der Waals surface area (Å²) in [6.45, 7) is 7.02. The van der Waals surface area contributed by atoms with Crippen LogP contribution in [-0.4, -0.2) is 28.1 Å². The molecule has 1 heterocycles. The van der Waals surface area contributed by atoms with Crippen molar-refractivity contribution in [2.24, 2.45) is 0 Å². The summed E-state index contributed by atoms with van der Waals surface area (Å²) >= 11 is 0. The van der Waals surface area contributed by atoms with Crippen molar-refractivity contribution in [1.29, 1.82) is 0 Å². The van der Waals surface area contributed by atoms with Crippen molar-refractivity contribution in [1.82, 2.24) is 9.78 Å². The van der Waals surface area contributed by atoms with Crippen molar-refractivity contribution in [2.75, 3.05) is 7.11 Å². The summed E-state index contributed by atoms with van der Waals surface area (Å²) in [5.74, 6) is 0.399. The van der Waals surface area contributed by atoms with Crippen LogP contribution >= 0.6 is 0 Å². The Labute approximate surface area is 90.9 Å². The number of methoxy groups -OCH3 is 1. The van der Waals surface area contributed by atoms with Gasteiger partial charge in [-0.15, -0.1) is 0 Å². The van der Waals surface area contributed by atoms with Gasteiger partial charge < -0.3 is 9.84 Å². The van der Waals surface area contributed by atoms with Gasteiger partial charge in [0.25, 0.3) is 0 Å². The zero-order valence-corrected chi connectivity index (χ0v) is 9.90. The Kier molecular flexibility index (Phi) is 4.29. The largest absolute Gasteiger partial charge is 0.391 e. The number of aliphatic hydroxyl groups is 1. The van der Waals surface area contributed by atoms with E-state index in [1.54, 1.807) is 14.0 Å². The van der Waals surface area contributed by atoms with Crippen molar-refractivity contribution in [3.05, 3.63) is 17.5 Å². The summed E-state index contributed by atoms with van der Waals surface area (Å²) < 4.78 is 6.92. The monoisotopic (exact) mass is 212 g/mol. The van der Waals surface area contributed by atoms with E-state index in [0.717, 1.165) is 11.4 Å². The fraction of sp³-hybridized carbons (Fsp3) is 0.727. The van der Waals surface area contributed by atoms with Crippen LogP contribution in [0, 0.1) is 0 Å². The summed E-state index contributed by atoms with van der Waals surface area (Å²) in [5, 5.41) is 13.8. The molecule has 0 spiro atoms. The Balaban J connectivity index is 2.89. The van der Waals surface area contributed by atoms with E-state index in [4.69, 9.17) is 4.74 Å². The minimum atomic E-state index is -0.388. The molecule has 1 N–H and O–H groups in total. The first-order valence-corrected chi connectivity index (χ1v) is 5.28. The molecule has 1 rings (SSSR count). The van der Waals surface area contributed by atoms with Gasteiger partial charge in [0.05, 0.1) is 30.6 Å². The van der Waals surface area contributed by atoms with Gasteiger partial charge in [-0.3, -0.25) is 4.68 Å². The highest BCUT2D eigenvalue weighted by atomic mass is 16.5. The number of ether oxygens (including phenoxy) is 1. The number of aliphatic hydroxyl groups excluding tert-OH is 1. The quantitative estimate of drug-likeness (QED) is 0.805. The molecule has 0 amide bonds. The van der Waals surface area contributed by atoms with Gasteiger partial charge in [0.15, 0.2) is 0 Å². The standard InChI is InChI=1S/C11H20N2O2/c1-8(2)11-5-10(7-15-4)13(12-11)6-9(3)14/h5,8-9,14H,6-7H2,1-4H3. The highest BCUT2D eigenvalue weighted by molar-refractivity contribution is 5.13. The number of rotatable bonds is 5. The second kappa shape index (κ2) is 5.28. The summed E-state index contributed by atoms with van der Waals surface area (Å²) in [4.78, 5) is 0. The second-order valence-corrected chi connectivity index (χ2v) is 4.18. The highest BCUT2D eigenvalue weighted by Gasteiger charge is 2.11. The lowest BCUT2D eigenvalue weighted by molar-refractivity contribution is 0.151. The molecular weight excluding hydrogens is 192 g/mol. The van der Waals surface area contributed by atoms with Crippen LogP contribution in [0.4, 0.5) is 0 Å². The molecule has 1 unspecified atom stereocenters. The SMILES string of the molecule is COCc1cc(C(C)C)nn1CC(C)O. The fourth-order valence-electron chi connectivity index (χ4n) is 1.43. The average Bonchev–Trinajstić information content (AvgIpc) is 2.48. The smallest absolute Gasteiger partial charge is 0.0881 e. The molecule has 0 aliphatic heterocycles. The second-order valence-electron chi connectivity index (χ2n) is 4.18. The zero-order chi connectivity index (χ0) is 11.4. The van der Waals surface area contributed by atoms with Crippen molar-refractivity contribution >= 4 is 0 Å². The van der Waals surface area contributed by atoms with Crippen LogP contribution in [0.2, 0.25) is 0 Å². The van der Waals surface area contributed by atoms with Gasteiger partial charge in [-0.25, -0.2) is 0 Å². The Morgan fingerprint density at radius 1 is 1.47 bits per heavy atom. The Bertz CT molecular complexity index is 306. The molecule has 0 aliphatic carbocycles. The topological polar surface area (TPSA) is 47.3 Å². The van der Waals surface area contributed by atoms with Gasteiger partial charge in [0.2, 0.25) is 0 Å². The van der Waals surface area contributed by atoms with Crippen LogP contribution in [0.25, 0.3) is 0 Å². The van der Waals surface area contributed by atoms with Crippen LogP contribution in [-0.2, 0) is 17.9 Å². The van der Waals surface area contributed by atoms with E-state index < -0.39 is 0 Å². The minimum Gasteiger partial charge on any atom is -0.391 e. The molecule has 86 valence electrons. The average molecular weight is 212 g/mol. The third-order valence-corrected chi connectivity index (χ3v) is 2.20. The fourth-order valence-corrected chi connectivity index (χ4v) is 1.43. The molecular formula is C11H20N2O2. The van der Waals surface area contributed by atoms with Crippen LogP contribution in [0.1, 0.15) is 38.1 Å². The Morgan fingerprint density at radius 3 is 2.60 bits per heavy atom. The lowest BCUT2D eigenvalue weighted by Crippen LogP contribution is -2.15. The summed E-state index contributed by atoms with van der Waals surface area (Å²) in [7, 11) is 1.66. The molecule has 0 saturated carbocycles. The maximum atomic E-state index is 9.34. The Hall–Kier alpha value is -0.870. The van der Waals surface area contributed by atoms with E-state index in [-0.39, 0.29) is 6.10 Å². The molecule has 0 aliphatic rings. The van der Waals surface area contributed by atoms with E-state index in [2.05, 4.69) is 18.9 Å². The molecule has 0 bridgehead atoms. The third-order valence-electron chi connectivity index (χ3n) is 2.20. The van der Waals surface area contributed by atoms with Crippen LogP contribution in [0.15, 0.2) is 6.07 Å². The number of aromatic nitrogens is 2. The first kappa shape index (κ1) is 12.2. The van der Waals surface area contributed by atoms with Crippen molar-refractivity contribution < 1.29 is 9.84 Å². The molecule has 0 saturated heterocycles. The molecule has 1 aromatic rings. The first-order chi connectivity index (χ1) is 7.04. The number of hydrogen-bond donors (Lipinski definition) is 1. The van der Waals surface area contributed by atoms with Crippen LogP contribution in [0.3, 0.4) is 0 Å². The summed E-state index contributed by atoms with van der Waals surface area (Å²) in [6, 6.07) is 2.04. The minimum absolute atomic E-state index is 0.388. The van der Waals surface area contributed by atoms with E-state index in [0.29, 0.717) is 19.1 Å². The summed E-state index contributed by atoms with van der Waals surface area (Å²) in [6.07, 6.45) is -0.388. The molecule has 4 nitrogen and oxygen atoms in total. The van der Waals surface area contributed by atoms with Gasteiger partial charge in [-0.2, -0.15) is 5.10 Å². The first-order valence-electron chi connectivity index (χ1n) is 5.28. The van der Waals surface area contributed by atoms with E-state index in [1.165, 1.54) is 0 Å². The highest BCUT2D eigenvalue weighted by Crippen LogP contribution is 2.15. The van der Waals surface area contributed by atoms with Gasteiger partial charge in [0.1, 0.15) is 0 Å². The van der Waals surface area contributed by atoms with Crippen molar-refractivity contribution in [3.8, 4) is 0 Å².